The summed E-state index contributed by atoms with van der Waals surface area (Å²) < 4.78 is 18.4. The van der Waals surface area contributed by atoms with Crippen LogP contribution in [0.2, 0.25) is 0 Å². The number of fused-ring (bicyclic) bond motifs is 1. The molecule has 1 aliphatic heterocycles. The number of amides is 1. The lowest BCUT2D eigenvalue weighted by atomic mass is 10.0. The van der Waals surface area contributed by atoms with Crippen molar-refractivity contribution < 1.29 is 13.9 Å². The Morgan fingerprint density at radius 2 is 2.25 bits per heavy atom. The largest absolute Gasteiger partial charge is 0.494 e. The fourth-order valence-corrected chi connectivity index (χ4v) is 1.83. The molecule has 1 unspecified atom stereocenters. The van der Waals surface area contributed by atoms with Gasteiger partial charge in [-0.05, 0) is 24.5 Å². The maximum atomic E-state index is 13.5. The van der Waals surface area contributed by atoms with E-state index in [4.69, 9.17) is 4.74 Å². The van der Waals surface area contributed by atoms with Crippen LogP contribution in [-0.4, -0.2) is 13.0 Å². The molecule has 86 valence electrons. The van der Waals surface area contributed by atoms with Crippen LogP contribution >= 0.6 is 0 Å². The summed E-state index contributed by atoms with van der Waals surface area (Å²) in [5, 5.41) is 2.79. The summed E-state index contributed by atoms with van der Waals surface area (Å²) in [6, 6.07) is 2.98. The number of hydrogen-bond donors (Lipinski definition) is 1. The highest BCUT2D eigenvalue weighted by Gasteiger charge is 2.21. The van der Waals surface area contributed by atoms with Gasteiger partial charge >= 0.3 is 0 Å². The first-order chi connectivity index (χ1) is 7.61. The van der Waals surface area contributed by atoms with E-state index >= 15 is 0 Å². The Bertz CT molecular complexity index is 431. The van der Waals surface area contributed by atoms with Crippen LogP contribution in [-0.2, 0) is 11.2 Å². The molecule has 0 aliphatic carbocycles. The Hall–Kier alpha value is -1.58. The first-order valence-corrected chi connectivity index (χ1v) is 5.29. The number of ether oxygens (including phenoxy) is 1. The molecule has 0 bridgehead atoms. The molecule has 3 nitrogen and oxygen atoms in total. The molecule has 1 aromatic carbocycles. The van der Waals surface area contributed by atoms with Gasteiger partial charge in [-0.1, -0.05) is 6.92 Å². The third-order valence-electron chi connectivity index (χ3n) is 2.93. The lowest BCUT2D eigenvalue weighted by Gasteiger charge is -2.10. The first-order valence-electron chi connectivity index (χ1n) is 5.29. The highest BCUT2D eigenvalue weighted by Crippen LogP contribution is 2.30. The molecule has 0 fully saturated rings. The molecule has 1 N–H and O–H groups in total. The van der Waals surface area contributed by atoms with Crippen molar-refractivity contribution in [3.05, 3.63) is 23.5 Å². The summed E-state index contributed by atoms with van der Waals surface area (Å²) in [5.41, 5.74) is 1.49. The summed E-state index contributed by atoms with van der Waals surface area (Å²) in [5.74, 6) is -0.285. The zero-order chi connectivity index (χ0) is 11.7. The van der Waals surface area contributed by atoms with E-state index in [-0.39, 0.29) is 23.4 Å². The van der Waals surface area contributed by atoms with E-state index in [9.17, 15) is 9.18 Å². The predicted octanol–water partition coefficient (Wildman–Crippen LogP) is 2.36. The molecule has 0 aromatic heterocycles. The molecule has 1 aromatic rings. The van der Waals surface area contributed by atoms with Crippen LogP contribution in [0.4, 0.5) is 10.1 Å². The van der Waals surface area contributed by atoms with Gasteiger partial charge in [-0.3, -0.25) is 4.79 Å². The van der Waals surface area contributed by atoms with Gasteiger partial charge in [-0.2, -0.15) is 0 Å². The second-order valence-electron chi connectivity index (χ2n) is 4.07. The fourth-order valence-electron chi connectivity index (χ4n) is 1.83. The van der Waals surface area contributed by atoms with E-state index in [2.05, 4.69) is 5.32 Å². The number of rotatable bonds is 1. The standard InChI is InChI=1S/C12H14FNO2/c1-7-3-4-8-5-9(13)11(16-2)6-10(8)14-12(7)15/h5-7H,3-4H2,1-2H3,(H,14,15). The molecule has 0 saturated carbocycles. The van der Waals surface area contributed by atoms with Crippen molar-refractivity contribution in [2.45, 2.75) is 19.8 Å². The average Bonchev–Trinajstić information content (AvgIpc) is 2.39. The Kier molecular flexibility index (Phi) is 2.81. The van der Waals surface area contributed by atoms with Crippen LogP contribution in [0.25, 0.3) is 0 Å². The van der Waals surface area contributed by atoms with Crippen LogP contribution in [0.3, 0.4) is 0 Å². The second kappa shape index (κ2) is 4.12. The average molecular weight is 223 g/mol. The lowest BCUT2D eigenvalue weighted by molar-refractivity contribution is -0.119. The molecule has 1 heterocycles. The Morgan fingerprint density at radius 3 is 2.94 bits per heavy atom. The molecule has 2 rings (SSSR count). The van der Waals surface area contributed by atoms with E-state index in [1.54, 1.807) is 6.07 Å². The number of anilines is 1. The summed E-state index contributed by atoms with van der Waals surface area (Å²) in [6.07, 6.45) is 1.45. The maximum absolute atomic E-state index is 13.5. The minimum absolute atomic E-state index is 0.0209. The van der Waals surface area contributed by atoms with Gasteiger partial charge in [0.05, 0.1) is 7.11 Å². The molecule has 1 aliphatic rings. The minimum Gasteiger partial charge on any atom is -0.494 e. The third kappa shape index (κ3) is 1.87. The maximum Gasteiger partial charge on any atom is 0.227 e. The Labute approximate surface area is 93.6 Å². The number of benzene rings is 1. The van der Waals surface area contributed by atoms with Gasteiger partial charge in [0.2, 0.25) is 5.91 Å². The van der Waals surface area contributed by atoms with Gasteiger partial charge in [0.25, 0.3) is 0 Å². The highest BCUT2D eigenvalue weighted by atomic mass is 19.1. The highest BCUT2D eigenvalue weighted by molar-refractivity contribution is 5.94. The molecule has 0 saturated heterocycles. The lowest BCUT2D eigenvalue weighted by Crippen LogP contribution is -2.18. The van der Waals surface area contributed by atoms with Crippen molar-refractivity contribution in [3.63, 3.8) is 0 Å². The monoisotopic (exact) mass is 223 g/mol. The van der Waals surface area contributed by atoms with E-state index < -0.39 is 0 Å². The molecule has 0 radical (unpaired) electrons. The zero-order valence-corrected chi connectivity index (χ0v) is 9.34. The van der Waals surface area contributed by atoms with Crippen LogP contribution in [0.15, 0.2) is 12.1 Å². The predicted molar refractivity (Wildman–Crippen MR) is 59.1 cm³/mol. The molecule has 0 spiro atoms. The molecular weight excluding hydrogens is 209 g/mol. The fraction of sp³-hybridized carbons (Fsp3) is 0.417. The number of hydrogen-bond acceptors (Lipinski definition) is 2. The summed E-state index contributed by atoms with van der Waals surface area (Å²) in [6.45, 7) is 1.87. The Balaban J connectivity index is 2.42. The van der Waals surface area contributed by atoms with E-state index in [1.165, 1.54) is 13.2 Å². The molecule has 4 heteroatoms. The van der Waals surface area contributed by atoms with Gasteiger partial charge in [0.15, 0.2) is 11.6 Å². The normalized spacial score (nSPS) is 19.7. The summed E-state index contributed by atoms with van der Waals surface area (Å²) in [7, 11) is 1.41. The van der Waals surface area contributed by atoms with E-state index in [0.717, 1.165) is 12.0 Å². The second-order valence-corrected chi connectivity index (χ2v) is 4.07. The van der Waals surface area contributed by atoms with Crippen LogP contribution < -0.4 is 10.1 Å². The van der Waals surface area contributed by atoms with Crippen molar-refractivity contribution in [2.75, 3.05) is 12.4 Å². The molecular formula is C12H14FNO2. The smallest absolute Gasteiger partial charge is 0.227 e. The summed E-state index contributed by atoms with van der Waals surface area (Å²) in [4.78, 5) is 11.6. The first kappa shape index (κ1) is 10.9. The van der Waals surface area contributed by atoms with Crippen molar-refractivity contribution in [1.82, 2.24) is 0 Å². The van der Waals surface area contributed by atoms with Gasteiger partial charge in [-0.25, -0.2) is 4.39 Å². The molecule has 1 amide bonds. The van der Waals surface area contributed by atoms with Crippen LogP contribution in [0.1, 0.15) is 18.9 Å². The van der Waals surface area contributed by atoms with E-state index in [0.29, 0.717) is 12.1 Å². The number of carbonyl (C=O) groups is 1. The molecule has 1 atom stereocenters. The molecule has 16 heavy (non-hydrogen) atoms. The van der Waals surface area contributed by atoms with Gasteiger partial charge in [0, 0.05) is 17.7 Å². The van der Waals surface area contributed by atoms with E-state index in [1.807, 2.05) is 6.92 Å². The summed E-state index contributed by atoms with van der Waals surface area (Å²) >= 11 is 0. The van der Waals surface area contributed by atoms with Crippen molar-refractivity contribution in [2.24, 2.45) is 5.92 Å². The number of halogens is 1. The Morgan fingerprint density at radius 1 is 1.50 bits per heavy atom. The zero-order valence-electron chi connectivity index (χ0n) is 9.34. The van der Waals surface area contributed by atoms with Crippen molar-refractivity contribution in [3.8, 4) is 5.75 Å². The van der Waals surface area contributed by atoms with Gasteiger partial charge in [0.1, 0.15) is 0 Å². The SMILES string of the molecule is COc1cc2c(cc1F)CCC(C)C(=O)N2. The number of carbonyl (C=O) groups excluding carboxylic acids is 1. The topological polar surface area (TPSA) is 38.3 Å². The van der Waals surface area contributed by atoms with Crippen molar-refractivity contribution in [1.29, 1.82) is 0 Å². The quantitative estimate of drug-likeness (QED) is 0.793. The third-order valence-corrected chi connectivity index (χ3v) is 2.93. The van der Waals surface area contributed by atoms with Crippen molar-refractivity contribution >= 4 is 11.6 Å². The van der Waals surface area contributed by atoms with Crippen LogP contribution in [0.5, 0.6) is 5.75 Å². The van der Waals surface area contributed by atoms with Crippen LogP contribution in [0, 0.1) is 11.7 Å². The number of methoxy groups -OCH3 is 1. The van der Waals surface area contributed by atoms with Gasteiger partial charge < -0.3 is 10.1 Å². The minimum atomic E-state index is -0.384. The number of nitrogens with one attached hydrogen (secondary N) is 1. The number of aryl methyl sites for hydroxylation is 1. The van der Waals surface area contributed by atoms with Gasteiger partial charge in [-0.15, -0.1) is 0 Å².